The van der Waals surface area contributed by atoms with Crippen LogP contribution in [0.25, 0.3) is 0 Å². The zero-order valence-electron chi connectivity index (χ0n) is 12.7. The van der Waals surface area contributed by atoms with Crippen molar-refractivity contribution in [1.29, 1.82) is 0 Å². The van der Waals surface area contributed by atoms with Gasteiger partial charge in [-0.1, -0.05) is 0 Å². The Labute approximate surface area is 123 Å². The Morgan fingerprint density at radius 2 is 2.05 bits per heavy atom. The van der Waals surface area contributed by atoms with Gasteiger partial charge in [-0.05, 0) is 33.8 Å². The van der Waals surface area contributed by atoms with Gasteiger partial charge in [0.05, 0.1) is 11.0 Å². The van der Waals surface area contributed by atoms with Crippen molar-refractivity contribution in [1.82, 2.24) is 5.32 Å². The third kappa shape index (κ3) is 4.94. The van der Waals surface area contributed by atoms with Crippen LogP contribution in [0.5, 0.6) is 5.75 Å². The fourth-order valence-electron chi connectivity index (χ4n) is 1.75. The highest BCUT2D eigenvalue weighted by molar-refractivity contribution is 5.84. The van der Waals surface area contributed by atoms with Crippen LogP contribution < -0.4 is 15.4 Å². The third-order valence-electron chi connectivity index (χ3n) is 2.65. The van der Waals surface area contributed by atoms with E-state index in [1.807, 2.05) is 6.92 Å². The number of rotatable bonds is 7. The Kier molecular flexibility index (Phi) is 5.95. The number of carbonyl (C=O) groups is 1. The van der Waals surface area contributed by atoms with E-state index in [0.717, 1.165) is 0 Å². The van der Waals surface area contributed by atoms with Gasteiger partial charge in [-0.25, -0.2) is 0 Å². The zero-order chi connectivity index (χ0) is 16.0. The molecule has 0 fully saturated rings. The topological polar surface area (TPSA) is 93.5 Å². The summed E-state index contributed by atoms with van der Waals surface area (Å²) in [5.74, 6) is 0.0466. The van der Waals surface area contributed by atoms with Crippen LogP contribution in [0.4, 0.5) is 11.4 Å². The summed E-state index contributed by atoms with van der Waals surface area (Å²) in [5.41, 5.74) is 0.495. The molecule has 1 aromatic carbocycles. The van der Waals surface area contributed by atoms with Gasteiger partial charge in [-0.3, -0.25) is 14.9 Å². The Morgan fingerprint density at radius 3 is 2.57 bits per heavy atom. The maximum absolute atomic E-state index is 11.7. The number of nitro benzene ring substituents is 1. The maximum atomic E-state index is 11.7. The molecular weight excluding hydrogens is 274 g/mol. The average Bonchev–Trinajstić information content (AvgIpc) is 2.38. The molecule has 1 unspecified atom stereocenters. The molecular formula is C14H21N3O4. The second kappa shape index (κ2) is 7.47. The molecule has 0 saturated heterocycles. The molecule has 0 aliphatic heterocycles. The number of nitro groups is 1. The summed E-state index contributed by atoms with van der Waals surface area (Å²) in [6, 6.07) is 4.01. The van der Waals surface area contributed by atoms with Crippen LogP contribution in [0.3, 0.4) is 0 Å². The highest BCUT2D eigenvalue weighted by Gasteiger charge is 2.18. The van der Waals surface area contributed by atoms with E-state index in [9.17, 15) is 14.9 Å². The van der Waals surface area contributed by atoms with Gasteiger partial charge >= 0.3 is 5.69 Å². The Hall–Kier alpha value is -2.31. The lowest BCUT2D eigenvalue weighted by Gasteiger charge is -2.16. The second-order valence-corrected chi connectivity index (χ2v) is 4.87. The van der Waals surface area contributed by atoms with Gasteiger partial charge in [0.15, 0.2) is 5.75 Å². The van der Waals surface area contributed by atoms with E-state index in [-0.39, 0.29) is 23.4 Å². The van der Waals surface area contributed by atoms with Crippen LogP contribution in [0.2, 0.25) is 0 Å². The number of carbonyl (C=O) groups excluding carboxylic acids is 1. The molecule has 0 aromatic heterocycles. The average molecular weight is 295 g/mol. The normalized spacial score (nSPS) is 11.9. The van der Waals surface area contributed by atoms with Crippen LogP contribution >= 0.6 is 0 Å². The number of ether oxygens (including phenoxy) is 1. The molecule has 0 saturated carbocycles. The van der Waals surface area contributed by atoms with Crippen LogP contribution in [-0.4, -0.2) is 29.5 Å². The minimum absolute atomic E-state index is 0.0973. The molecule has 0 spiro atoms. The second-order valence-electron chi connectivity index (χ2n) is 4.87. The molecule has 0 heterocycles. The first-order chi connectivity index (χ1) is 9.85. The summed E-state index contributed by atoms with van der Waals surface area (Å²) in [7, 11) is 0. The summed E-state index contributed by atoms with van der Waals surface area (Å²) < 4.78 is 5.45. The minimum Gasteiger partial charge on any atom is -0.484 e. The monoisotopic (exact) mass is 295 g/mol. The van der Waals surface area contributed by atoms with Crippen molar-refractivity contribution in [2.75, 3.05) is 11.9 Å². The lowest BCUT2D eigenvalue weighted by Crippen LogP contribution is -2.37. The smallest absolute Gasteiger partial charge is 0.311 e. The molecule has 1 rings (SSSR count). The number of hydrogen-bond acceptors (Lipinski definition) is 5. The first kappa shape index (κ1) is 16.7. The summed E-state index contributed by atoms with van der Waals surface area (Å²) in [5, 5.41) is 16.7. The van der Waals surface area contributed by atoms with Crippen molar-refractivity contribution in [2.24, 2.45) is 0 Å². The van der Waals surface area contributed by atoms with Crippen molar-refractivity contribution < 1.29 is 14.5 Å². The minimum atomic E-state index is -0.491. The van der Waals surface area contributed by atoms with E-state index in [0.29, 0.717) is 12.2 Å². The van der Waals surface area contributed by atoms with Crippen molar-refractivity contribution in [3.05, 3.63) is 28.3 Å². The molecule has 0 radical (unpaired) electrons. The summed E-state index contributed by atoms with van der Waals surface area (Å²) in [6.45, 7) is 7.69. The van der Waals surface area contributed by atoms with E-state index in [2.05, 4.69) is 10.6 Å². The van der Waals surface area contributed by atoms with E-state index >= 15 is 0 Å². The van der Waals surface area contributed by atoms with Crippen LogP contribution in [0, 0.1) is 10.1 Å². The first-order valence-corrected chi connectivity index (χ1v) is 6.84. The van der Waals surface area contributed by atoms with E-state index in [4.69, 9.17) is 4.74 Å². The summed E-state index contributed by atoms with van der Waals surface area (Å²) >= 11 is 0. The number of benzene rings is 1. The fourth-order valence-corrected chi connectivity index (χ4v) is 1.75. The number of hydrogen-bond donors (Lipinski definition) is 2. The predicted octanol–water partition coefficient (Wildman–Crippen LogP) is 2.32. The molecule has 1 atom stereocenters. The molecule has 0 aliphatic rings. The first-order valence-electron chi connectivity index (χ1n) is 6.84. The molecule has 1 amide bonds. The van der Waals surface area contributed by atoms with Gasteiger partial charge in [-0.15, -0.1) is 0 Å². The SMILES string of the molecule is CCNC(=O)C(C)Nc1ccc([N+](=O)[O-])c(OC(C)C)c1. The maximum Gasteiger partial charge on any atom is 0.311 e. The van der Waals surface area contributed by atoms with Crippen LogP contribution in [0.1, 0.15) is 27.7 Å². The lowest BCUT2D eigenvalue weighted by molar-refractivity contribution is -0.386. The molecule has 2 N–H and O–H groups in total. The number of anilines is 1. The lowest BCUT2D eigenvalue weighted by atomic mass is 10.2. The largest absolute Gasteiger partial charge is 0.484 e. The summed E-state index contributed by atoms with van der Waals surface area (Å²) in [6.07, 6.45) is -0.181. The Morgan fingerprint density at radius 1 is 1.38 bits per heavy atom. The van der Waals surface area contributed by atoms with Crippen molar-refractivity contribution in [3.63, 3.8) is 0 Å². The van der Waals surface area contributed by atoms with Crippen molar-refractivity contribution in [2.45, 2.75) is 39.8 Å². The third-order valence-corrected chi connectivity index (χ3v) is 2.65. The van der Waals surface area contributed by atoms with Crippen molar-refractivity contribution >= 4 is 17.3 Å². The molecule has 116 valence electrons. The molecule has 7 nitrogen and oxygen atoms in total. The number of nitrogens with one attached hydrogen (secondary N) is 2. The Bertz CT molecular complexity index is 517. The molecule has 21 heavy (non-hydrogen) atoms. The van der Waals surface area contributed by atoms with Crippen molar-refractivity contribution in [3.8, 4) is 5.75 Å². The van der Waals surface area contributed by atoms with Crippen LogP contribution in [-0.2, 0) is 4.79 Å². The van der Waals surface area contributed by atoms with Gasteiger partial charge in [0.2, 0.25) is 5.91 Å². The van der Waals surface area contributed by atoms with Crippen LogP contribution in [0.15, 0.2) is 18.2 Å². The predicted molar refractivity (Wildman–Crippen MR) is 80.6 cm³/mol. The highest BCUT2D eigenvalue weighted by atomic mass is 16.6. The zero-order valence-corrected chi connectivity index (χ0v) is 12.7. The molecule has 0 bridgehead atoms. The van der Waals surface area contributed by atoms with Gasteiger partial charge < -0.3 is 15.4 Å². The standard InChI is InChI=1S/C14H21N3O4/c1-5-15-14(18)10(4)16-11-6-7-12(17(19)20)13(8-11)21-9(2)3/h6-10,16H,5H2,1-4H3,(H,15,18). The number of likely N-dealkylation sites (N-methyl/N-ethyl adjacent to an activating group) is 1. The van der Waals surface area contributed by atoms with E-state index < -0.39 is 11.0 Å². The molecule has 1 aromatic rings. The number of amides is 1. The van der Waals surface area contributed by atoms with Gasteiger partial charge in [0.25, 0.3) is 0 Å². The van der Waals surface area contributed by atoms with Gasteiger partial charge in [-0.2, -0.15) is 0 Å². The van der Waals surface area contributed by atoms with E-state index in [1.54, 1.807) is 26.8 Å². The Balaban J connectivity index is 2.94. The number of nitrogens with zero attached hydrogens (tertiary/aromatic N) is 1. The highest BCUT2D eigenvalue weighted by Crippen LogP contribution is 2.31. The fraction of sp³-hybridized carbons (Fsp3) is 0.500. The molecule has 7 heteroatoms. The van der Waals surface area contributed by atoms with Gasteiger partial charge in [0, 0.05) is 24.4 Å². The van der Waals surface area contributed by atoms with E-state index in [1.165, 1.54) is 12.1 Å². The quantitative estimate of drug-likeness (QED) is 0.594. The molecule has 0 aliphatic carbocycles. The van der Waals surface area contributed by atoms with Gasteiger partial charge in [0.1, 0.15) is 6.04 Å². The summed E-state index contributed by atoms with van der Waals surface area (Å²) in [4.78, 5) is 22.2.